The number of likely N-dealkylation sites (tertiary alicyclic amines) is 1. The minimum absolute atomic E-state index is 0.0257. The number of hydrogen-bond acceptors (Lipinski definition) is 5. The standard InChI is InChI=1S/C10H15NO5/c1-10(2,3)16-9(15)11-6(8(13)14)4-5-7(11)12/h6H,4-5H2,1-3H3,(H,13,14)/p-1/t6-/m0/s1. The van der Waals surface area contributed by atoms with Gasteiger partial charge in [-0.3, -0.25) is 4.79 Å². The number of carbonyl (C=O) groups excluding carboxylic acids is 3. The highest BCUT2D eigenvalue weighted by Gasteiger charge is 2.39. The molecular formula is C10H14NO5-. The minimum Gasteiger partial charge on any atom is -0.548 e. The van der Waals surface area contributed by atoms with E-state index >= 15 is 0 Å². The molecule has 0 unspecified atom stereocenters. The number of aliphatic carboxylic acids is 1. The highest BCUT2D eigenvalue weighted by Crippen LogP contribution is 2.21. The molecule has 0 aliphatic carbocycles. The summed E-state index contributed by atoms with van der Waals surface area (Å²) in [4.78, 5) is 34.3. The molecule has 0 spiro atoms. The van der Waals surface area contributed by atoms with Crippen LogP contribution in [0.15, 0.2) is 0 Å². The monoisotopic (exact) mass is 228 g/mol. The van der Waals surface area contributed by atoms with E-state index in [9.17, 15) is 19.5 Å². The number of nitrogens with zero attached hydrogens (tertiary/aromatic N) is 1. The van der Waals surface area contributed by atoms with Crippen LogP contribution in [0.4, 0.5) is 4.79 Å². The Morgan fingerprint density at radius 1 is 1.44 bits per heavy atom. The molecule has 1 atom stereocenters. The van der Waals surface area contributed by atoms with Crippen molar-refractivity contribution in [2.45, 2.75) is 45.3 Å². The third-order valence-corrected chi connectivity index (χ3v) is 2.07. The fourth-order valence-corrected chi connectivity index (χ4v) is 1.45. The first-order valence-corrected chi connectivity index (χ1v) is 4.98. The molecule has 1 rings (SSSR count). The van der Waals surface area contributed by atoms with Crippen molar-refractivity contribution < 1.29 is 24.2 Å². The number of carboxylic acid groups (broad SMARTS) is 1. The average Bonchev–Trinajstić information content (AvgIpc) is 2.43. The third-order valence-electron chi connectivity index (χ3n) is 2.07. The molecule has 0 aromatic rings. The van der Waals surface area contributed by atoms with Gasteiger partial charge in [-0.05, 0) is 27.2 Å². The lowest BCUT2D eigenvalue weighted by Crippen LogP contribution is -2.50. The molecule has 0 aromatic heterocycles. The summed E-state index contributed by atoms with van der Waals surface area (Å²) in [6, 6.07) is -1.21. The van der Waals surface area contributed by atoms with Crippen LogP contribution < -0.4 is 5.11 Å². The van der Waals surface area contributed by atoms with Gasteiger partial charge in [0.1, 0.15) is 5.60 Å². The lowest BCUT2D eigenvalue weighted by Gasteiger charge is -2.27. The van der Waals surface area contributed by atoms with E-state index in [0.29, 0.717) is 4.90 Å². The Morgan fingerprint density at radius 2 is 2.00 bits per heavy atom. The van der Waals surface area contributed by atoms with E-state index in [1.807, 2.05) is 0 Å². The van der Waals surface area contributed by atoms with Gasteiger partial charge in [0.2, 0.25) is 5.91 Å². The molecule has 1 heterocycles. The smallest absolute Gasteiger partial charge is 0.417 e. The summed E-state index contributed by atoms with van der Waals surface area (Å²) < 4.78 is 4.95. The minimum atomic E-state index is -1.43. The van der Waals surface area contributed by atoms with Crippen LogP contribution in [0, 0.1) is 0 Å². The maximum atomic E-state index is 11.6. The summed E-state index contributed by atoms with van der Waals surface area (Å²) in [5.41, 5.74) is -0.767. The SMILES string of the molecule is CC(C)(C)OC(=O)N1C(=O)CC[C@H]1C(=O)[O-]. The molecule has 1 aliphatic heterocycles. The van der Waals surface area contributed by atoms with E-state index in [0.717, 1.165) is 0 Å². The molecule has 0 N–H and O–H groups in total. The van der Waals surface area contributed by atoms with Crippen molar-refractivity contribution >= 4 is 18.0 Å². The zero-order chi connectivity index (χ0) is 12.5. The van der Waals surface area contributed by atoms with Crippen molar-refractivity contribution in [2.24, 2.45) is 0 Å². The molecule has 0 aromatic carbocycles. The average molecular weight is 228 g/mol. The van der Waals surface area contributed by atoms with E-state index in [-0.39, 0.29) is 12.8 Å². The van der Waals surface area contributed by atoms with Gasteiger partial charge in [-0.1, -0.05) is 0 Å². The van der Waals surface area contributed by atoms with Crippen LogP contribution in [0.2, 0.25) is 0 Å². The number of imide groups is 1. The number of rotatable bonds is 1. The number of carboxylic acids is 1. The normalized spacial score (nSPS) is 21.1. The molecule has 6 nitrogen and oxygen atoms in total. The Kier molecular flexibility index (Phi) is 3.21. The van der Waals surface area contributed by atoms with Gasteiger partial charge in [-0.2, -0.15) is 0 Å². The maximum absolute atomic E-state index is 11.6. The van der Waals surface area contributed by atoms with Gasteiger partial charge in [0.05, 0.1) is 12.0 Å². The van der Waals surface area contributed by atoms with Crippen LogP contribution in [0.5, 0.6) is 0 Å². The summed E-state index contributed by atoms with van der Waals surface area (Å²) in [5, 5.41) is 10.7. The molecule has 0 saturated carbocycles. The van der Waals surface area contributed by atoms with Gasteiger partial charge in [0.25, 0.3) is 0 Å². The Morgan fingerprint density at radius 3 is 2.44 bits per heavy atom. The van der Waals surface area contributed by atoms with Gasteiger partial charge < -0.3 is 14.6 Å². The lowest BCUT2D eigenvalue weighted by molar-refractivity contribution is -0.310. The molecule has 6 heteroatoms. The Balaban J connectivity index is 2.80. The number of carbonyl (C=O) groups is 3. The largest absolute Gasteiger partial charge is 0.548 e. The summed E-state index contributed by atoms with van der Waals surface area (Å²) in [7, 11) is 0. The Hall–Kier alpha value is -1.59. The van der Waals surface area contributed by atoms with Crippen molar-refractivity contribution in [3.8, 4) is 0 Å². The maximum Gasteiger partial charge on any atom is 0.417 e. The fourth-order valence-electron chi connectivity index (χ4n) is 1.45. The fraction of sp³-hybridized carbons (Fsp3) is 0.700. The first kappa shape index (κ1) is 12.5. The third kappa shape index (κ3) is 2.71. The molecular weight excluding hydrogens is 214 g/mol. The highest BCUT2D eigenvalue weighted by atomic mass is 16.6. The van der Waals surface area contributed by atoms with Gasteiger partial charge in [-0.15, -0.1) is 0 Å². The van der Waals surface area contributed by atoms with Crippen molar-refractivity contribution in [3.63, 3.8) is 0 Å². The molecule has 1 fully saturated rings. The van der Waals surface area contributed by atoms with E-state index in [2.05, 4.69) is 0 Å². The van der Waals surface area contributed by atoms with Crippen LogP contribution in [0.25, 0.3) is 0 Å². The molecule has 1 saturated heterocycles. The van der Waals surface area contributed by atoms with Crippen molar-refractivity contribution in [1.29, 1.82) is 0 Å². The molecule has 90 valence electrons. The van der Waals surface area contributed by atoms with Crippen LogP contribution >= 0.6 is 0 Å². The molecule has 0 bridgehead atoms. The lowest BCUT2D eigenvalue weighted by atomic mass is 10.2. The summed E-state index contributed by atoms with van der Waals surface area (Å²) in [5.74, 6) is -1.97. The van der Waals surface area contributed by atoms with Gasteiger partial charge in [-0.25, -0.2) is 9.69 Å². The van der Waals surface area contributed by atoms with Gasteiger partial charge in [0.15, 0.2) is 0 Å². The topological polar surface area (TPSA) is 86.7 Å². The predicted molar refractivity (Wildman–Crippen MR) is 51.1 cm³/mol. The highest BCUT2D eigenvalue weighted by molar-refractivity contribution is 5.98. The van der Waals surface area contributed by atoms with Crippen LogP contribution in [-0.2, 0) is 14.3 Å². The van der Waals surface area contributed by atoms with Crippen molar-refractivity contribution in [2.75, 3.05) is 0 Å². The molecule has 0 radical (unpaired) electrons. The van der Waals surface area contributed by atoms with Crippen LogP contribution in [0.1, 0.15) is 33.6 Å². The molecule has 2 amide bonds. The van der Waals surface area contributed by atoms with Crippen LogP contribution in [0.3, 0.4) is 0 Å². The second-order valence-electron chi connectivity index (χ2n) is 4.62. The van der Waals surface area contributed by atoms with Crippen molar-refractivity contribution in [3.05, 3.63) is 0 Å². The second-order valence-corrected chi connectivity index (χ2v) is 4.62. The number of ether oxygens (including phenoxy) is 1. The summed E-state index contributed by atoms with van der Waals surface area (Å²) in [6.45, 7) is 4.92. The number of amides is 2. The zero-order valence-electron chi connectivity index (χ0n) is 9.48. The zero-order valence-corrected chi connectivity index (χ0v) is 9.48. The summed E-state index contributed by atoms with van der Waals surface area (Å²) >= 11 is 0. The van der Waals surface area contributed by atoms with Gasteiger partial charge >= 0.3 is 6.09 Å². The van der Waals surface area contributed by atoms with E-state index in [1.165, 1.54) is 0 Å². The van der Waals surface area contributed by atoms with E-state index < -0.39 is 29.6 Å². The Labute approximate surface area is 93.2 Å². The molecule has 1 aliphatic rings. The van der Waals surface area contributed by atoms with Gasteiger partial charge in [0, 0.05) is 6.42 Å². The molecule has 16 heavy (non-hydrogen) atoms. The van der Waals surface area contributed by atoms with Crippen molar-refractivity contribution in [1.82, 2.24) is 4.90 Å². The predicted octanol–water partition coefficient (Wildman–Crippen LogP) is -0.338. The van der Waals surface area contributed by atoms with E-state index in [4.69, 9.17) is 4.74 Å². The number of hydrogen-bond donors (Lipinski definition) is 0. The first-order chi connectivity index (χ1) is 7.22. The summed E-state index contributed by atoms with van der Waals surface area (Å²) in [6.07, 6.45) is -0.817. The van der Waals surface area contributed by atoms with E-state index in [1.54, 1.807) is 20.8 Å². The second kappa shape index (κ2) is 4.11. The quantitative estimate of drug-likeness (QED) is 0.613. The Bertz CT molecular complexity index is 331. The van der Waals surface area contributed by atoms with Crippen LogP contribution in [-0.4, -0.2) is 34.5 Å². The first-order valence-electron chi connectivity index (χ1n) is 4.98.